The lowest BCUT2D eigenvalue weighted by Crippen LogP contribution is -2.63. The summed E-state index contributed by atoms with van der Waals surface area (Å²) in [5, 5.41) is 0. The van der Waals surface area contributed by atoms with E-state index in [1.54, 1.807) is 6.08 Å². The number of allylic oxidation sites excluding steroid dienone is 2. The number of carbonyl (C=O) groups excluding carboxylic acids is 2. The molecule has 0 bridgehead atoms. The van der Waals surface area contributed by atoms with Crippen LogP contribution in [0.5, 0.6) is 0 Å². The molecule has 0 unspecified atom stereocenters. The third kappa shape index (κ3) is 3.00. The number of rotatable bonds is 5. The van der Waals surface area contributed by atoms with Crippen LogP contribution in [0, 0.1) is 5.92 Å². The van der Waals surface area contributed by atoms with Crippen LogP contribution in [0.2, 0.25) is 19.6 Å². The summed E-state index contributed by atoms with van der Waals surface area (Å²) in [7, 11) is 2.43. The summed E-state index contributed by atoms with van der Waals surface area (Å²) in [6, 6.07) is 0. The number of fused-ring (bicyclic) bond motifs is 1. The maximum atomic E-state index is 12.8. The van der Waals surface area contributed by atoms with Crippen molar-refractivity contribution in [2.45, 2.75) is 37.8 Å². The van der Waals surface area contributed by atoms with Crippen LogP contribution in [0.4, 0.5) is 0 Å². The normalized spacial score (nSPS) is 31.2. The van der Waals surface area contributed by atoms with Crippen LogP contribution in [0.3, 0.4) is 0 Å². The highest BCUT2D eigenvalue weighted by Gasteiger charge is 2.60. The van der Waals surface area contributed by atoms with Crippen molar-refractivity contribution in [2.75, 3.05) is 21.3 Å². The van der Waals surface area contributed by atoms with Crippen molar-refractivity contribution in [3.8, 4) is 0 Å². The first-order valence-corrected chi connectivity index (χ1v) is 10.9. The van der Waals surface area contributed by atoms with Crippen molar-refractivity contribution in [2.24, 2.45) is 5.92 Å². The number of carbonyl (C=O) groups is 2. The minimum atomic E-state index is -1.84. The largest absolute Gasteiger partial charge is 0.547 e. The van der Waals surface area contributed by atoms with E-state index >= 15 is 0 Å². The van der Waals surface area contributed by atoms with Crippen LogP contribution in [0.15, 0.2) is 23.7 Å². The molecule has 2 rings (SSSR count). The SMILES string of the molecule is COC1=CC(=O)[C@H]2CC(O[Si](C)(C)C)=C[C@@H](OC)[C@@]2(OC)C1=O. The van der Waals surface area contributed by atoms with E-state index in [4.69, 9.17) is 18.6 Å². The summed E-state index contributed by atoms with van der Waals surface area (Å²) in [6.07, 6.45) is 2.60. The lowest BCUT2D eigenvalue weighted by atomic mass is 9.68. The Hall–Kier alpha value is -1.44. The van der Waals surface area contributed by atoms with E-state index < -0.39 is 25.9 Å². The number of ketones is 2. The highest BCUT2D eigenvalue weighted by molar-refractivity contribution is 6.70. The van der Waals surface area contributed by atoms with Crippen LogP contribution in [-0.2, 0) is 28.2 Å². The molecule has 0 spiro atoms. The fourth-order valence-corrected chi connectivity index (χ4v) is 4.15. The molecule has 0 aromatic carbocycles. The molecule has 128 valence electrons. The molecule has 3 atom stereocenters. The molecule has 0 heterocycles. The highest BCUT2D eigenvalue weighted by atomic mass is 28.4. The second-order valence-electron chi connectivity index (χ2n) is 6.70. The van der Waals surface area contributed by atoms with E-state index in [-0.39, 0.29) is 17.3 Å². The molecule has 0 aromatic heterocycles. The quantitative estimate of drug-likeness (QED) is 0.711. The fourth-order valence-electron chi connectivity index (χ4n) is 3.21. The molecule has 0 aromatic rings. The van der Waals surface area contributed by atoms with Crippen molar-refractivity contribution in [1.29, 1.82) is 0 Å². The molecule has 0 amide bonds. The van der Waals surface area contributed by atoms with Gasteiger partial charge in [-0.3, -0.25) is 9.59 Å². The molecule has 0 N–H and O–H groups in total. The number of Topliss-reactive ketones (excluding diaryl/α,β-unsaturated/α-hetero) is 1. The lowest BCUT2D eigenvalue weighted by Gasteiger charge is -2.46. The van der Waals surface area contributed by atoms with Gasteiger partial charge >= 0.3 is 0 Å². The monoisotopic (exact) mass is 340 g/mol. The molecule has 0 saturated carbocycles. The first kappa shape index (κ1) is 17.9. The summed E-state index contributed by atoms with van der Waals surface area (Å²) in [6.45, 7) is 6.18. The maximum Gasteiger partial charge on any atom is 0.241 e. The maximum absolute atomic E-state index is 12.8. The van der Waals surface area contributed by atoms with Crippen LogP contribution in [0.1, 0.15) is 6.42 Å². The van der Waals surface area contributed by atoms with Gasteiger partial charge in [0.2, 0.25) is 14.1 Å². The predicted molar refractivity (Wildman–Crippen MR) is 86.3 cm³/mol. The number of hydrogen-bond acceptors (Lipinski definition) is 6. The summed E-state index contributed by atoms with van der Waals surface area (Å²) in [5.74, 6) is -0.584. The van der Waals surface area contributed by atoms with Crippen molar-refractivity contribution in [1.82, 2.24) is 0 Å². The van der Waals surface area contributed by atoms with Crippen molar-refractivity contribution < 1.29 is 28.2 Å². The first-order chi connectivity index (χ1) is 10.7. The highest BCUT2D eigenvalue weighted by Crippen LogP contribution is 2.44. The zero-order valence-electron chi connectivity index (χ0n) is 14.5. The summed E-state index contributed by atoms with van der Waals surface area (Å²) >= 11 is 0. The van der Waals surface area contributed by atoms with Crippen LogP contribution in [-0.4, -0.2) is 52.9 Å². The van der Waals surface area contributed by atoms with Crippen molar-refractivity contribution >= 4 is 19.9 Å². The Kier molecular flexibility index (Phi) is 4.84. The topological polar surface area (TPSA) is 71.1 Å². The Morgan fingerprint density at radius 2 is 1.83 bits per heavy atom. The molecule has 0 saturated heterocycles. The number of hydrogen-bond donors (Lipinski definition) is 0. The standard InChI is InChI=1S/C16H24O6Si/c1-19-13-9-12(17)11-7-10(22-23(4,5)6)8-14(20-2)16(11,21-3)15(13)18/h8-9,11,14H,7H2,1-6H3/t11-,14-,16-/m1/s1. The van der Waals surface area contributed by atoms with Gasteiger partial charge in [0.25, 0.3) is 0 Å². The lowest BCUT2D eigenvalue weighted by molar-refractivity contribution is -0.175. The third-order valence-corrected chi connectivity index (χ3v) is 5.00. The first-order valence-electron chi connectivity index (χ1n) is 7.51. The smallest absolute Gasteiger partial charge is 0.241 e. The molecule has 6 nitrogen and oxygen atoms in total. The van der Waals surface area contributed by atoms with Gasteiger partial charge < -0.3 is 18.6 Å². The van der Waals surface area contributed by atoms with Crippen molar-refractivity contribution in [3.05, 3.63) is 23.7 Å². The van der Waals surface area contributed by atoms with Gasteiger partial charge in [0.05, 0.1) is 18.8 Å². The van der Waals surface area contributed by atoms with E-state index in [1.165, 1.54) is 27.4 Å². The predicted octanol–water partition coefficient (Wildman–Crippen LogP) is 1.82. The van der Waals surface area contributed by atoms with Crippen LogP contribution >= 0.6 is 0 Å². The second kappa shape index (κ2) is 6.22. The Balaban J connectivity index is 2.51. The molecule has 0 fully saturated rings. The van der Waals surface area contributed by atoms with Gasteiger partial charge in [-0.05, 0) is 25.7 Å². The van der Waals surface area contributed by atoms with Gasteiger partial charge in [0.15, 0.2) is 17.1 Å². The summed E-state index contributed by atoms with van der Waals surface area (Å²) in [5.41, 5.74) is -1.40. The molecule has 2 aliphatic carbocycles. The Labute approximate surface area is 137 Å². The van der Waals surface area contributed by atoms with Gasteiger partial charge in [-0.1, -0.05) is 0 Å². The molecule has 0 radical (unpaired) electrons. The van der Waals surface area contributed by atoms with E-state index in [1.807, 2.05) is 0 Å². The molecule has 7 heteroatoms. The average molecular weight is 340 g/mol. The molecular weight excluding hydrogens is 316 g/mol. The number of ether oxygens (including phenoxy) is 3. The van der Waals surface area contributed by atoms with E-state index in [9.17, 15) is 9.59 Å². The van der Waals surface area contributed by atoms with Gasteiger partial charge in [0.1, 0.15) is 6.10 Å². The molecular formula is C16H24O6Si. The number of methoxy groups -OCH3 is 3. The minimum Gasteiger partial charge on any atom is -0.547 e. The second-order valence-corrected chi connectivity index (χ2v) is 11.1. The summed E-state index contributed by atoms with van der Waals surface area (Å²) in [4.78, 5) is 25.4. The zero-order valence-corrected chi connectivity index (χ0v) is 15.5. The fraction of sp³-hybridized carbons (Fsp3) is 0.625. The van der Waals surface area contributed by atoms with Crippen molar-refractivity contribution in [3.63, 3.8) is 0 Å². The van der Waals surface area contributed by atoms with Gasteiger partial charge in [-0.2, -0.15) is 0 Å². The Morgan fingerprint density at radius 1 is 1.17 bits per heavy atom. The Morgan fingerprint density at radius 3 is 2.30 bits per heavy atom. The van der Waals surface area contributed by atoms with E-state index in [0.29, 0.717) is 12.2 Å². The average Bonchev–Trinajstić information content (AvgIpc) is 2.48. The molecule has 23 heavy (non-hydrogen) atoms. The minimum absolute atomic E-state index is 0.00175. The van der Waals surface area contributed by atoms with Gasteiger partial charge in [-0.25, -0.2) is 0 Å². The van der Waals surface area contributed by atoms with E-state index in [0.717, 1.165) is 0 Å². The molecule has 0 aliphatic heterocycles. The van der Waals surface area contributed by atoms with Gasteiger partial charge in [-0.15, -0.1) is 0 Å². The zero-order chi connectivity index (χ0) is 17.4. The third-order valence-electron chi connectivity index (χ3n) is 4.13. The van der Waals surface area contributed by atoms with Gasteiger partial charge in [0, 0.05) is 26.7 Å². The Bertz CT molecular complexity index is 574. The van der Waals surface area contributed by atoms with Crippen LogP contribution in [0.25, 0.3) is 0 Å². The van der Waals surface area contributed by atoms with Crippen LogP contribution < -0.4 is 0 Å². The van der Waals surface area contributed by atoms with E-state index in [2.05, 4.69) is 19.6 Å². The summed E-state index contributed by atoms with van der Waals surface area (Å²) < 4.78 is 22.2. The molecule has 2 aliphatic rings.